The van der Waals surface area contributed by atoms with Crippen LogP contribution in [0.15, 0.2) is 17.8 Å². The number of halogens is 3. The number of aliphatic hydroxyl groups is 2. The molecule has 4 N–H and O–H groups in total. The third-order valence-corrected chi connectivity index (χ3v) is 3.91. The Morgan fingerprint density at radius 1 is 1.44 bits per heavy atom. The fourth-order valence-corrected chi connectivity index (χ4v) is 2.74. The normalized spacial score (nSPS) is 29.7. The molecule has 0 saturated carbocycles. The molecule has 14 heteroatoms. The predicted octanol–water partition coefficient (Wildman–Crippen LogP) is 0.476. The lowest BCUT2D eigenvalue weighted by Crippen LogP contribution is -2.46. The molecule has 0 aliphatic carbocycles. The smallest absolute Gasteiger partial charge is 0.393 e. The van der Waals surface area contributed by atoms with Crippen LogP contribution in [-0.2, 0) is 4.74 Å². The number of hydrogen-bond acceptors (Lipinski definition) is 8. The molecule has 2 aromatic rings. The van der Waals surface area contributed by atoms with Crippen LogP contribution >= 0.6 is 0 Å². The van der Waals surface area contributed by atoms with Gasteiger partial charge in [0.1, 0.15) is 23.9 Å². The van der Waals surface area contributed by atoms with E-state index < -0.39 is 36.8 Å². The Balaban J connectivity index is 2.18. The molecule has 3 heterocycles. The average Bonchev–Trinajstić information content (AvgIpc) is 3.08. The van der Waals surface area contributed by atoms with Crippen molar-refractivity contribution in [3.05, 3.63) is 23.1 Å². The molecule has 1 saturated heterocycles. The van der Waals surface area contributed by atoms with Crippen molar-refractivity contribution >= 4 is 17.0 Å². The number of imidazole rings is 1. The number of ether oxygens (including phenoxy) is 1. The molecule has 3 rings (SSSR count). The van der Waals surface area contributed by atoms with E-state index in [0.29, 0.717) is 0 Å². The summed E-state index contributed by atoms with van der Waals surface area (Å²) >= 11 is 0. The number of hydrogen-bond donors (Lipinski definition) is 3. The minimum absolute atomic E-state index is 0.0341. The summed E-state index contributed by atoms with van der Waals surface area (Å²) in [6.07, 6.45) is -7.19. The maximum atomic E-state index is 13.5. The van der Waals surface area contributed by atoms with Gasteiger partial charge in [-0.05, 0) is 5.53 Å². The van der Waals surface area contributed by atoms with Gasteiger partial charge < -0.3 is 20.7 Å². The molecular weight excluding hydrogens is 349 g/mol. The summed E-state index contributed by atoms with van der Waals surface area (Å²) in [6.45, 7) is -1.16. The molecule has 134 valence electrons. The summed E-state index contributed by atoms with van der Waals surface area (Å²) < 4.78 is 46.6. The van der Waals surface area contributed by atoms with Crippen molar-refractivity contribution in [2.24, 2.45) is 11.0 Å². The zero-order valence-corrected chi connectivity index (χ0v) is 12.2. The first-order valence-electron chi connectivity index (χ1n) is 6.78. The zero-order chi connectivity index (χ0) is 18.4. The molecule has 0 radical (unpaired) electrons. The van der Waals surface area contributed by atoms with Crippen LogP contribution < -0.4 is 5.73 Å². The summed E-state index contributed by atoms with van der Waals surface area (Å²) in [4.78, 5) is 13.7. The van der Waals surface area contributed by atoms with E-state index in [0.717, 1.165) is 17.2 Å². The maximum absolute atomic E-state index is 13.5. The largest absolute Gasteiger partial charge is 0.398 e. The molecule has 1 fully saturated rings. The molecule has 1 aliphatic heterocycles. The molecule has 1 aliphatic rings. The van der Waals surface area contributed by atoms with Gasteiger partial charge in [-0.1, -0.05) is 5.11 Å². The van der Waals surface area contributed by atoms with E-state index in [9.17, 15) is 23.4 Å². The summed E-state index contributed by atoms with van der Waals surface area (Å²) in [6, 6.07) is 0. The van der Waals surface area contributed by atoms with Crippen molar-refractivity contribution in [2.45, 2.75) is 24.2 Å². The first-order valence-corrected chi connectivity index (χ1v) is 6.78. The molecule has 4 atom stereocenters. The second kappa shape index (κ2) is 5.70. The van der Waals surface area contributed by atoms with Gasteiger partial charge in [0.25, 0.3) is 0 Å². The van der Waals surface area contributed by atoms with Gasteiger partial charge in [-0.2, -0.15) is 13.2 Å². The third-order valence-electron chi connectivity index (χ3n) is 3.91. The highest BCUT2D eigenvalue weighted by molar-refractivity contribution is 5.81. The molecule has 0 amide bonds. The summed E-state index contributed by atoms with van der Waals surface area (Å²) in [5.41, 5.74) is 11.6. The monoisotopic (exact) mass is 360 g/mol. The lowest BCUT2D eigenvalue weighted by molar-refractivity contribution is -0.210. The Morgan fingerprint density at radius 2 is 2.16 bits per heavy atom. The van der Waals surface area contributed by atoms with Crippen LogP contribution in [0, 0.1) is 5.92 Å². The highest BCUT2D eigenvalue weighted by Gasteiger charge is 2.64. The van der Waals surface area contributed by atoms with E-state index in [1.165, 1.54) is 0 Å². The second-order valence-corrected chi connectivity index (χ2v) is 5.30. The number of nitrogens with zero attached hydrogens (tertiary/aromatic N) is 7. The quantitative estimate of drug-likeness (QED) is 0.406. The summed E-state index contributed by atoms with van der Waals surface area (Å²) in [5, 5.41) is 22.5. The fraction of sp³-hybridized carbons (Fsp3) is 0.545. The van der Waals surface area contributed by atoms with Crippen LogP contribution in [0.1, 0.15) is 6.23 Å². The number of anilines is 1. The Bertz CT molecular complexity index is 851. The van der Waals surface area contributed by atoms with Crippen LogP contribution in [0.3, 0.4) is 0 Å². The third kappa shape index (κ3) is 2.51. The standard InChI is InChI=1S/C11H11F3N8O3/c12-11(13,14)4-6(24)10(1-23,20-21-16)25-9(4)22-3-19-5-7(15)17-2-18-8(5)22/h2-4,6,9,23-24H,1H2,(H2,15,17,18)/t4-,6-,9+,10+/m0/s1. The van der Waals surface area contributed by atoms with E-state index in [1.807, 2.05) is 0 Å². The van der Waals surface area contributed by atoms with Crippen LogP contribution in [-0.4, -0.2) is 54.3 Å². The van der Waals surface area contributed by atoms with Gasteiger partial charge in [0.05, 0.1) is 12.9 Å². The molecule has 25 heavy (non-hydrogen) atoms. The molecule has 2 aromatic heterocycles. The van der Waals surface area contributed by atoms with Gasteiger partial charge in [0.15, 0.2) is 23.4 Å². The molecule has 0 unspecified atom stereocenters. The second-order valence-electron chi connectivity index (χ2n) is 5.30. The van der Waals surface area contributed by atoms with Crippen LogP contribution in [0.25, 0.3) is 21.6 Å². The number of rotatable bonds is 3. The summed E-state index contributed by atoms with van der Waals surface area (Å²) in [5.74, 6) is -2.58. The van der Waals surface area contributed by atoms with E-state index in [2.05, 4.69) is 25.0 Å². The predicted molar refractivity (Wildman–Crippen MR) is 74.4 cm³/mol. The van der Waals surface area contributed by atoms with Gasteiger partial charge in [-0.15, -0.1) is 0 Å². The number of fused-ring (bicyclic) bond motifs is 1. The molecule has 0 aromatic carbocycles. The Morgan fingerprint density at radius 3 is 2.76 bits per heavy atom. The van der Waals surface area contributed by atoms with E-state index in [-0.39, 0.29) is 17.0 Å². The van der Waals surface area contributed by atoms with Gasteiger partial charge in [-0.3, -0.25) is 4.57 Å². The molecular formula is C11H11F3N8O3. The maximum Gasteiger partial charge on any atom is 0.398 e. The number of azide groups is 1. The first-order chi connectivity index (χ1) is 11.7. The molecule has 0 spiro atoms. The minimum Gasteiger partial charge on any atom is -0.393 e. The topological polar surface area (TPSA) is 168 Å². The molecule has 11 nitrogen and oxygen atoms in total. The Labute approximate surface area is 136 Å². The van der Waals surface area contributed by atoms with Crippen molar-refractivity contribution in [1.29, 1.82) is 0 Å². The number of nitrogen functional groups attached to an aromatic ring is 1. The van der Waals surface area contributed by atoms with Crippen molar-refractivity contribution in [1.82, 2.24) is 19.5 Å². The number of aliphatic hydroxyl groups excluding tert-OH is 2. The van der Waals surface area contributed by atoms with Crippen LogP contribution in [0.2, 0.25) is 0 Å². The van der Waals surface area contributed by atoms with Crippen LogP contribution in [0.4, 0.5) is 19.0 Å². The van der Waals surface area contributed by atoms with Gasteiger partial charge in [0.2, 0.25) is 0 Å². The summed E-state index contributed by atoms with van der Waals surface area (Å²) in [7, 11) is 0. The highest BCUT2D eigenvalue weighted by atomic mass is 19.4. The average molecular weight is 360 g/mol. The zero-order valence-electron chi connectivity index (χ0n) is 12.2. The first kappa shape index (κ1) is 17.2. The number of nitrogens with two attached hydrogens (primary N) is 1. The Kier molecular flexibility index (Phi) is 3.91. The minimum atomic E-state index is -4.94. The highest BCUT2D eigenvalue weighted by Crippen LogP contribution is 2.50. The number of alkyl halides is 3. The van der Waals surface area contributed by atoms with Gasteiger partial charge >= 0.3 is 6.18 Å². The van der Waals surface area contributed by atoms with Crippen molar-refractivity contribution < 1.29 is 28.1 Å². The Hall–Kier alpha value is -2.67. The SMILES string of the molecule is [N-]=[N+]=N[C@]1(CO)O[C@@H](n2cnc3c(N)ncnc32)[C@@H](C(F)(F)F)[C@@H]1O. The van der Waals surface area contributed by atoms with Crippen molar-refractivity contribution in [2.75, 3.05) is 12.3 Å². The lowest BCUT2D eigenvalue weighted by Gasteiger charge is -2.25. The van der Waals surface area contributed by atoms with Crippen molar-refractivity contribution in [3.63, 3.8) is 0 Å². The molecule has 0 bridgehead atoms. The van der Waals surface area contributed by atoms with Gasteiger partial charge in [-0.25, -0.2) is 15.0 Å². The van der Waals surface area contributed by atoms with Crippen molar-refractivity contribution in [3.8, 4) is 0 Å². The fourth-order valence-electron chi connectivity index (χ4n) is 2.74. The van der Waals surface area contributed by atoms with Crippen LogP contribution in [0.5, 0.6) is 0 Å². The van der Waals surface area contributed by atoms with E-state index in [4.69, 9.17) is 16.0 Å². The van der Waals surface area contributed by atoms with E-state index in [1.54, 1.807) is 0 Å². The van der Waals surface area contributed by atoms with Gasteiger partial charge in [0, 0.05) is 4.91 Å². The van der Waals surface area contributed by atoms with E-state index >= 15 is 0 Å². The number of aromatic nitrogens is 4. The lowest BCUT2D eigenvalue weighted by atomic mass is 9.95.